The number of methoxy groups -OCH3 is 1. The molecular formula is C22H24OS2. The van der Waals surface area contributed by atoms with Gasteiger partial charge in [-0.1, -0.05) is 61.4 Å². The molecule has 3 atom stereocenters. The zero-order valence-corrected chi connectivity index (χ0v) is 16.2. The first-order chi connectivity index (χ1) is 12.2. The number of hydrogen-bond donors (Lipinski definition) is 1. The van der Waals surface area contributed by atoms with Gasteiger partial charge in [0.25, 0.3) is 0 Å². The molecule has 1 saturated carbocycles. The highest BCUT2D eigenvalue weighted by atomic mass is 32.2. The van der Waals surface area contributed by atoms with Gasteiger partial charge in [-0.25, -0.2) is 0 Å². The maximum absolute atomic E-state index is 5.31. The van der Waals surface area contributed by atoms with Crippen LogP contribution in [0.3, 0.4) is 0 Å². The van der Waals surface area contributed by atoms with Crippen molar-refractivity contribution in [2.24, 2.45) is 5.92 Å². The molecule has 0 bridgehead atoms. The summed E-state index contributed by atoms with van der Waals surface area (Å²) in [4.78, 5) is 1.35. The lowest BCUT2D eigenvalue weighted by molar-refractivity contribution is 0.322. The summed E-state index contributed by atoms with van der Waals surface area (Å²) < 4.78 is 5.34. The normalized spacial score (nSPS) is 28.8. The lowest BCUT2D eigenvalue weighted by Crippen LogP contribution is -2.38. The SMILES string of the molecule is COc1ccc(C2=C[C@H](c3ccccc3)[C@@H]3CCCC[C@@]3(S)S2)cc1. The molecule has 2 aliphatic rings. The second kappa shape index (κ2) is 7.13. The number of thiol groups is 1. The lowest BCUT2D eigenvalue weighted by atomic mass is 9.75. The molecule has 0 N–H and O–H groups in total. The number of benzene rings is 2. The van der Waals surface area contributed by atoms with Gasteiger partial charge in [0.1, 0.15) is 5.75 Å². The number of rotatable bonds is 3. The fraction of sp³-hybridized carbons (Fsp3) is 0.364. The van der Waals surface area contributed by atoms with E-state index in [0.717, 1.165) is 5.75 Å². The average molecular weight is 369 g/mol. The Hall–Kier alpha value is -1.32. The highest BCUT2D eigenvalue weighted by Gasteiger charge is 2.46. The monoisotopic (exact) mass is 368 g/mol. The van der Waals surface area contributed by atoms with Crippen molar-refractivity contribution in [3.05, 3.63) is 71.8 Å². The van der Waals surface area contributed by atoms with Gasteiger partial charge in [0.2, 0.25) is 0 Å². The molecule has 1 aliphatic heterocycles. The van der Waals surface area contributed by atoms with Crippen LogP contribution in [0.15, 0.2) is 60.7 Å². The van der Waals surface area contributed by atoms with Crippen LogP contribution >= 0.6 is 24.4 Å². The molecule has 1 heterocycles. The second-order valence-corrected chi connectivity index (χ2v) is 9.47. The first kappa shape index (κ1) is 17.1. The first-order valence-electron chi connectivity index (χ1n) is 9.02. The molecular weight excluding hydrogens is 344 g/mol. The van der Waals surface area contributed by atoms with Gasteiger partial charge in [0.15, 0.2) is 0 Å². The smallest absolute Gasteiger partial charge is 0.118 e. The maximum Gasteiger partial charge on any atom is 0.118 e. The van der Waals surface area contributed by atoms with Crippen molar-refractivity contribution >= 4 is 29.3 Å². The molecule has 1 fully saturated rings. The summed E-state index contributed by atoms with van der Waals surface area (Å²) in [6.45, 7) is 0. The van der Waals surface area contributed by atoms with E-state index < -0.39 is 0 Å². The van der Waals surface area contributed by atoms with Gasteiger partial charge in [-0.3, -0.25) is 0 Å². The quantitative estimate of drug-likeness (QED) is 0.629. The van der Waals surface area contributed by atoms with Crippen LogP contribution in [0, 0.1) is 5.92 Å². The van der Waals surface area contributed by atoms with E-state index in [1.54, 1.807) is 7.11 Å². The molecule has 0 radical (unpaired) electrons. The summed E-state index contributed by atoms with van der Waals surface area (Å²) in [5.41, 5.74) is 2.68. The van der Waals surface area contributed by atoms with Crippen LogP contribution in [0.2, 0.25) is 0 Å². The highest BCUT2D eigenvalue weighted by molar-refractivity contribution is 8.18. The summed E-state index contributed by atoms with van der Waals surface area (Å²) in [5, 5.41) is 0. The summed E-state index contributed by atoms with van der Waals surface area (Å²) in [5.74, 6) is 1.94. The number of hydrogen-bond acceptors (Lipinski definition) is 3. The van der Waals surface area contributed by atoms with Gasteiger partial charge in [0.05, 0.1) is 11.2 Å². The van der Waals surface area contributed by atoms with Gasteiger partial charge in [-0.05, 0) is 42.0 Å². The van der Waals surface area contributed by atoms with Gasteiger partial charge >= 0.3 is 0 Å². The van der Waals surface area contributed by atoms with E-state index in [1.807, 2.05) is 23.9 Å². The van der Waals surface area contributed by atoms with Crippen LogP contribution in [-0.2, 0) is 0 Å². The van der Waals surface area contributed by atoms with E-state index in [2.05, 4.69) is 48.5 Å². The fourth-order valence-corrected chi connectivity index (χ4v) is 6.41. The summed E-state index contributed by atoms with van der Waals surface area (Å²) in [7, 11) is 1.71. The van der Waals surface area contributed by atoms with E-state index in [0.29, 0.717) is 11.8 Å². The topological polar surface area (TPSA) is 9.23 Å². The molecule has 0 saturated heterocycles. The molecule has 0 amide bonds. The van der Waals surface area contributed by atoms with E-state index in [-0.39, 0.29) is 4.08 Å². The van der Waals surface area contributed by atoms with Crippen molar-refractivity contribution in [3.8, 4) is 5.75 Å². The van der Waals surface area contributed by atoms with Gasteiger partial charge in [-0.15, -0.1) is 11.8 Å². The molecule has 1 aliphatic carbocycles. The van der Waals surface area contributed by atoms with Crippen molar-refractivity contribution < 1.29 is 4.74 Å². The Kier molecular flexibility index (Phi) is 4.88. The van der Waals surface area contributed by atoms with Crippen LogP contribution < -0.4 is 4.74 Å². The number of fused-ring (bicyclic) bond motifs is 1. The van der Waals surface area contributed by atoms with Crippen LogP contribution in [-0.4, -0.2) is 11.2 Å². The third-order valence-corrected chi connectivity index (χ3v) is 7.77. The average Bonchev–Trinajstić information content (AvgIpc) is 2.67. The predicted octanol–water partition coefficient (Wildman–Crippen LogP) is 6.38. The molecule has 0 aromatic heterocycles. The molecule has 25 heavy (non-hydrogen) atoms. The molecule has 1 nitrogen and oxygen atoms in total. The van der Waals surface area contributed by atoms with E-state index >= 15 is 0 Å². The Morgan fingerprint density at radius 1 is 1.04 bits per heavy atom. The van der Waals surface area contributed by atoms with Crippen LogP contribution in [0.5, 0.6) is 5.75 Å². The van der Waals surface area contributed by atoms with Crippen molar-refractivity contribution in [2.45, 2.75) is 35.7 Å². The largest absolute Gasteiger partial charge is 0.497 e. The Bertz CT molecular complexity index is 753. The van der Waals surface area contributed by atoms with Crippen LogP contribution in [0.25, 0.3) is 4.91 Å². The summed E-state index contributed by atoms with van der Waals surface area (Å²) >= 11 is 7.20. The van der Waals surface area contributed by atoms with E-state index in [1.165, 1.54) is 41.7 Å². The molecule has 2 aromatic carbocycles. The Balaban J connectivity index is 1.76. The molecule has 4 rings (SSSR count). The maximum atomic E-state index is 5.31. The number of allylic oxidation sites excluding steroid dienone is 1. The Morgan fingerprint density at radius 2 is 1.80 bits per heavy atom. The predicted molar refractivity (Wildman–Crippen MR) is 111 cm³/mol. The minimum absolute atomic E-state index is 0.0305. The van der Waals surface area contributed by atoms with E-state index in [4.69, 9.17) is 17.4 Å². The van der Waals surface area contributed by atoms with Gasteiger partial charge in [0, 0.05) is 10.8 Å². The highest BCUT2D eigenvalue weighted by Crippen LogP contribution is 2.60. The third-order valence-electron chi connectivity index (χ3n) is 5.49. The second-order valence-electron chi connectivity index (χ2n) is 7.00. The molecule has 130 valence electrons. The number of thioether (sulfide) groups is 1. The Morgan fingerprint density at radius 3 is 2.52 bits per heavy atom. The zero-order valence-electron chi connectivity index (χ0n) is 14.5. The van der Waals surface area contributed by atoms with Crippen LogP contribution in [0.4, 0.5) is 0 Å². The van der Waals surface area contributed by atoms with Gasteiger partial charge < -0.3 is 4.74 Å². The standard InChI is InChI=1S/C22H24OS2/c1-23-18-12-10-17(11-13-18)21-15-19(16-7-3-2-4-8-16)20-9-5-6-14-22(20,24)25-21/h2-4,7-8,10-13,15,19-20,24H,5-6,9,14H2,1H3/t19-,20+,22-/m1/s1. The number of ether oxygens (including phenoxy) is 1. The summed E-state index contributed by atoms with van der Waals surface area (Å²) in [6, 6.07) is 19.4. The molecule has 0 spiro atoms. The van der Waals surface area contributed by atoms with Crippen LogP contribution in [0.1, 0.15) is 42.7 Å². The molecule has 3 heteroatoms. The molecule has 2 aromatic rings. The lowest BCUT2D eigenvalue weighted by Gasteiger charge is -2.47. The fourth-order valence-electron chi connectivity index (χ4n) is 4.16. The van der Waals surface area contributed by atoms with Crippen molar-refractivity contribution in [1.82, 2.24) is 0 Å². The zero-order chi connectivity index (χ0) is 17.3. The van der Waals surface area contributed by atoms with Crippen molar-refractivity contribution in [2.75, 3.05) is 7.11 Å². The third kappa shape index (κ3) is 3.37. The van der Waals surface area contributed by atoms with Crippen molar-refractivity contribution in [1.29, 1.82) is 0 Å². The van der Waals surface area contributed by atoms with Crippen molar-refractivity contribution in [3.63, 3.8) is 0 Å². The summed E-state index contributed by atoms with van der Waals surface area (Å²) in [6.07, 6.45) is 7.53. The van der Waals surface area contributed by atoms with Gasteiger partial charge in [-0.2, -0.15) is 12.6 Å². The van der Waals surface area contributed by atoms with E-state index in [9.17, 15) is 0 Å². The Labute approximate surface area is 160 Å². The molecule has 0 unspecified atom stereocenters. The first-order valence-corrected chi connectivity index (χ1v) is 10.3. The minimum Gasteiger partial charge on any atom is -0.497 e. The minimum atomic E-state index is 0.0305.